The van der Waals surface area contributed by atoms with Crippen LogP contribution in [0.25, 0.3) is 0 Å². The maximum atomic E-state index is 11.6. The van der Waals surface area contributed by atoms with E-state index in [4.69, 9.17) is 0 Å². The van der Waals surface area contributed by atoms with Crippen molar-refractivity contribution in [2.24, 2.45) is 0 Å². The molecule has 0 spiro atoms. The number of hydrogen-bond donors (Lipinski definition) is 2. The van der Waals surface area contributed by atoms with Crippen LogP contribution in [0, 0.1) is 0 Å². The van der Waals surface area contributed by atoms with Gasteiger partial charge in [-0.05, 0) is 19.4 Å². The molecule has 0 radical (unpaired) electrons. The van der Waals surface area contributed by atoms with Gasteiger partial charge in [-0.2, -0.15) is 0 Å². The number of hydrogen-bond acceptors (Lipinski definition) is 4. The van der Waals surface area contributed by atoms with E-state index < -0.39 is 0 Å². The second-order valence-corrected chi connectivity index (χ2v) is 4.57. The lowest BCUT2D eigenvalue weighted by molar-refractivity contribution is 0.0958. The zero-order valence-corrected chi connectivity index (χ0v) is 9.85. The standard InChI is InChI=1S/C11H15N3OS/c15-11(10-7-13-8-16-10)14-6-3-9-1-4-12-5-2-9/h1,7-8,12H,2-6H2,(H,14,15). The van der Waals surface area contributed by atoms with Crippen molar-refractivity contribution in [2.75, 3.05) is 19.6 Å². The van der Waals surface area contributed by atoms with Crippen molar-refractivity contribution in [2.45, 2.75) is 12.8 Å². The molecule has 1 aliphatic rings. The molecule has 0 atom stereocenters. The van der Waals surface area contributed by atoms with Crippen LogP contribution in [0.4, 0.5) is 0 Å². The van der Waals surface area contributed by atoms with Crippen LogP contribution in [0.3, 0.4) is 0 Å². The average molecular weight is 237 g/mol. The highest BCUT2D eigenvalue weighted by molar-refractivity contribution is 7.11. The van der Waals surface area contributed by atoms with Gasteiger partial charge in [0.25, 0.3) is 5.91 Å². The van der Waals surface area contributed by atoms with Crippen LogP contribution in [-0.4, -0.2) is 30.5 Å². The third-order valence-corrected chi connectivity index (χ3v) is 3.32. The first-order valence-corrected chi connectivity index (χ1v) is 6.29. The SMILES string of the molecule is O=C(NCCC1=CCNCC1)c1cncs1. The second kappa shape index (κ2) is 5.77. The molecule has 0 saturated carbocycles. The van der Waals surface area contributed by atoms with E-state index in [1.807, 2.05) is 0 Å². The molecule has 2 rings (SSSR count). The number of thiazole rings is 1. The summed E-state index contributed by atoms with van der Waals surface area (Å²) in [6.07, 6.45) is 5.86. The van der Waals surface area contributed by atoms with Crippen molar-refractivity contribution in [3.05, 3.63) is 28.2 Å². The number of nitrogens with zero attached hydrogens (tertiary/aromatic N) is 1. The van der Waals surface area contributed by atoms with Crippen molar-refractivity contribution in [1.82, 2.24) is 15.6 Å². The molecule has 16 heavy (non-hydrogen) atoms. The van der Waals surface area contributed by atoms with E-state index in [1.165, 1.54) is 16.9 Å². The number of aromatic nitrogens is 1. The zero-order valence-electron chi connectivity index (χ0n) is 9.03. The smallest absolute Gasteiger partial charge is 0.263 e. The Morgan fingerprint density at radius 1 is 1.62 bits per heavy atom. The van der Waals surface area contributed by atoms with Gasteiger partial charge >= 0.3 is 0 Å². The minimum Gasteiger partial charge on any atom is -0.351 e. The molecule has 0 saturated heterocycles. The second-order valence-electron chi connectivity index (χ2n) is 3.69. The van der Waals surface area contributed by atoms with Crippen LogP contribution in [-0.2, 0) is 0 Å². The molecule has 0 bridgehead atoms. The third kappa shape index (κ3) is 3.15. The Kier molecular flexibility index (Phi) is 4.07. The van der Waals surface area contributed by atoms with Gasteiger partial charge in [-0.1, -0.05) is 11.6 Å². The summed E-state index contributed by atoms with van der Waals surface area (Å²) in [6.45, 7) is 2.72. The summed E-state index contributed by atoms with van der Waals surface area (Å²) in [4.78, 5) is 16.1. The van der Waals surface area contributed by atoms with Crippen molar-refractivity contribution >= 4 is 17.2 Å². The normalized spacial score (nSPS) is 15.6. The topological polar surface area (TPSA) is 54.0 Å². The summed E-state index contributed by atoms with van der Waals surface area (Å²) in [5, 5.41) is 6.17. The van der Waals surface area contributed by atoms with Crippen molar-refractivity contribution in [3.8, 4) is 0 Å². The minimum atomic E-state index is -0.0166. The number of carbonyl (C=O) groups is 1. The van der Waals surface area contributed by atoms with Crippen LogP contribution in [0.1, 0.15) is 22.5 Å². The molecule has 0 unspecified atom stereocenters. The van der Waals surface area contributed by atoms with Crippen molar-refractivity contribution in [1.29, 1.82) is 0 Å². The molecule has 2 N–H and O–H groups in total. The number of carbonyl (C=O) groups excluding carboxylic acids is 1. The maximum Gasteiger partial charge on any atom is 0.263 e. The van der Waals surface area contributed by atoms with Gasteiger partial charge in [-0.25, -0.2) is 0 Å². The molecule has 0 aromatic carbocycles. The largest absolute Gasteiger partial charge is 0.351 e. The van der Waals surface area contributed by atoms with Gasteiger partial charge in [0.2, 0.25) is 0 Å². The van der Waals surface area contributed by atoms with E-state index in [9.17, 15) is 4.79 Å². The predicted octanol–water partition coefficient (Wildman–Crippen LogP) is 1.18. The number of amides is 1. The van der Waals surface area contributed by atoms with E-state index in [-0.39, 0.29) is 5.91 Å². The Hall–Kier alpha value is -1.20. The highest BCUT2D eigenvalue weighted by atomic mass is 32.1. The monoisotopic (exact) mass is 237 g/mol. The molecule has 1 aliphatic heterocycles. The number of nitrogens with one attached hydrogen (secondary N) is 2. The summed E-state index contributed by atoms with van der Waals surface area (Å²) in [5.74, 6) is -0.0166. The Bertz CT molecular complexity index is 373. The first-order valence-electron chi connectivity index (χ1n) is 5.41. The molecular weight excluding hydrogens is 222 g/mol. The summed E-state index contributed by atoms with van der Waals surface area (Å²) in [5.41, 5.74) is 3.10. The third-order valence-electron chi connectivity index (χ3n) is 2.55. The first kappa shape index (κ1) is 11.3. The van der Waals surface area contributed by atoms with Crippen LogP contribution in [0.5, 0.6) is 0 Å². The maximum absolute atomic E-state index is 11.6. The highest BCUT2D eigenvalue weighted by Crippen LogP contribution is 2.09. The lowest BCUT2D eigenvalue weighted by Gasteiger charge is -2.13. The molecule has 2 heterocycles. The quantitative estimate of drug-likeness (QED) is 0.773. The fraction of sp³-hybridized carbons (Fsp3) is 0.455. The van der Waals surface area contributed by atoms with Gasteiger partial charge in [-0.3, -0.25) is 9.78 Å². The molecule has 5 heteroatoms. The molecular formula is C11H15N3OS. The summed E-state index contributed by atoms with van der Waals surface area (Å²) >= 11 is 1.37. The number of rotatable bonds is 4. The van der Waals surface area contributed by atoms with E-state index in [2.05, 4.69) is 21.7 Å². The van der Waals surface area contributed by atoms with Crippen LogP contribution >= 0.6 is 11.3 Å². The van der Waals surface area contributed by atoms with Gasteiger partial charge in [-0.15, -0.1) is 11.3 Å². The Morgan fingerprint density at radius 2 is 2.56 bits per heavy atom. The molecule has 0 fully saturated rings. The van der Waals surface area contributed by atoms with E-state index in [0.717, 1.165) is 25.9 Å². The first-order chi connectivity index (χ1) is 7.86. The highest BCUT2D eigenvalue weighted by Gasteiger charge is 2.07. The van der Waals surface area contributed by atoms with E-state index in [0.29, 0.717) is 11.4 Å². The Balaban J connectivity index is 1.72. The van der Waals surface area contributed by atoms with Crippen LogP contribution in [0.2, 0.25) is 0 Å². The molecule has 0 aliphatic carbocycles. The van der Waals surface area contributed by atoms with Crippen LogP contribution in [0.15, 0.2) is 23.4 Å². The van der Waals surface area contributed by atoms with Gasteiger partial charge in [0.15, 0.2) is 0 Å². The Morgan fingerprint density at radius 3 is 3.25 bits per heavy atom. The minimum absolute atomic E-state index is 0.0166. The van der Waals surface area contributed by atoms with Crippen molar-refractivity contribution < 1.29 is 4.79 Å². The fourth-order valence-corrected chi connectivity index (χ4v) is 2.18. The van der Waals surface area contributed by atoms with Gasteiger partial charge < -0.3 is 10.6 Å². The zero-order chi connectivity index (χ0) is 11.2. The Labute approximate surface area is 98.8 Å². The lowest BCUT2D eigenvalue weighted by Crippen LogP contribution is -2.26. The van der Waals surface area contributed by atoms with Gasteiger partial charge in [0, 0.05) is 13.1 Å². The van der Waals surface area contributed by atoms with E-state index in [1.54, 1.807) is 11.7 Å². The summed E-state index contributed by atoms with van der Waals surface area (Å²) in [7, 11) is 0. The summed E-state index contributed by atoms with van der Waals surface area (Å²) < 4.78 is 0. The summed E-state index contributed by atoms with van der Waals surface area (Å²) in [6, 6.07) is 0. The predicted molar refractivity (Wildman–Crippen MR) is 64.6 cm³/mol. The molecule has 1 aromatic heterocycles. The average Bonchev–Trinajstić information content (AvgIpc) is 2.84. The molecule has 86 valence electrons. The molecule has 1 aromatic rings. The molecule has 4 nitrogen and oxygen atoms in total. The van der Waals surface area contributed by atoms with Gasteiger partial charge in [0.05, 0.1) is 11.7 Å². The van der Waals surface area contributed by atoms with Crippen molar-refractivity contribution in [3.63, 3.8) is 0 Å². The van der Waals surface area contributed by atoms with Crippen LogP contribution < -0.4 is 10.6 Å². The van der Waals surface area contributed by atoms with Gasteiger partial charge in [0.1, 0.15) is 4.88 Å². The molecule has 1 amide bonds. The van der Waals surface area contributed by atoms with E-state index >= 15 is 0 Å². The fourth-order valence-electron chi connectivity index (χ4n) is 1.65. The lowest BCUT2D eigenvalue weighted by atomic mass is 10.1.